The van der Waals surface area contributed by atoms with E-state index in [1.54, 1.807) is 0 Å². The summed E-state index contributed by atoms with van der Waals surface area (Å²) in [6.07, 6.45) is 0. The van der Waals surface area contributed by atoms with Crippen molar-refractivity contribution in [2.45, 2.75) is 27.7 Å². The molecule has 8 nitrogen and oxygen atoms in total. The third-order valence-corrected chi connectivity index (χ3v) is 11.1. The van der Waals surface area contributed by atoms with Crippen LogP contribution in [0.3, 0.4) is 0 Å². The standard InChI is InChI=1S/C56H42N8/c1-35-21-25-41(26-22-35)52-60-53(42-27-23-36(2)24-28-42)64-55(63-52)47-20-12-18-45(33-47)49-34-44(29-30-48(49)56-57-37(3)31-38(4)58-56)43-17-11-19-46(32-43)54-61-50(39-13-7-5-8-14-39)59-51(62-54)40-15-9-6-10-16-40/h5-34H,1-4H3. The highest BCUT2D eigenvalue weighted by Crippen LogP contribution is 2.38. The number of aryl methyl sites for hydroxylation is 4. The van der Waals surface area contributed by atoms with Gasteiger partial charge in [-0.1, -0.05) is 163 Å². The molecule has 0 spiro atoms. The van der Waals surface area contributed by atoms with E-state index in [2.05, 4.69) is 129 Å². The zero-order valence-electron chi connectivity index (χ0n) is 35.9. The number of nitrogens with zero attached hydrogens (tertiary/aromatic N) is 8. The second kappa shape index (κ2) is 17.2. The van der Waals surface area contributed by atoms with Gasteiger partial charge in [-0.3, -0.25) is 0 Å². The van der Waals surface area contributed by atoms with Gasteiger partial charge in [-0.05, 0) is 80.3 Å². The van der Waals surface area contributed by atoms with E-state index < -0.39 is 0 Å². The van der Waals surface area contributed by atoms with Crippen molar-refractivity contribution in [2.75, 3.05) is 0 Å². The Bertz CT molecular complexity index is 3150. The predicted octanol–water partition coefficient (Wildman–Crippen LogP) is 13.1. The average Bonchev–Trinajstić information content (AvgIpc) is 3.34. The maximum absolute atomic E-state index is 5.08. The van der Waals surface area contributed by atoms with Crippen LogP contribution in [0.2, 0.25) is 0 Å². The van der Waals surface area contributed by atoms with Gasteiger partial charge < -0.3 is 0 Å². The van der Waals surface area contributed by atoms with Crippen molar-refractivity contribution in [3.8, 4) is 102 Å². The van der Waals surface area contributed by atoms with Gasteiger partial charge in [-0.15, -0.1) is 0 Å². The third kappa shape index (κ3) is 8.45. The fourth-order valence-electron chi connectivity index (χ4n) is 7.77. The monoisotopic (exact) mass is 826 g/mol. The molecule has 64 heavy (non-hydrogen) atoms. The quantitative estimate of drug-likeness (QED) is 0.142. The van der Waals surface area contributed by atoms with Gasteiger partial charge >= 0.3 is 0 Å². The molecule has 0 fully saturated rings. The largest absolute Gasteiger partial charge is 0.233 e. The van der Waals surface area contributed by atoms with Gasteiger partial charge in [0.25, 0.3) is 0 Å². The summed E-state index contributed by atoms with van der Waals surface area (Å²) in [6.45, 7) is 8.16. The molecule has 0 amide bonds. The molecule has 0 atom stereocenters. The minimum absolute atomic E-state index is 0.582. The van der Waals surface area contributed by atoms with E-state index in [4.69, 9.17) is 39.9 Å². The van der Waals surface area contributed by atoms with Crippen LogP contribution in [0.4, 0.5) is 0 Å². The average molecular weight is 827 g/mol. The first-order chi connectivity index (χ1) is 31.3. The maximum atomic E-state index is 5.08. The summed E-state index contributed by atoms with van der Waals surface area (Å²) in [5, 5.41) is 0. The number of benzene rings is 7. The van der Waals surface area contributed by atoms with E-state index in [1.165, 1.54) is 11.1 Å². The molecule has 0 saturated heterocycles. The normalized spacial score (nSPS) is 11.1. The van der Waals surface area contributed by atoms with Gasteiger partial charge in [-0.2, -0.15) is 0 Å². The predicted molar refractivity (Wildman–Crippen MR) is 257 cm³/mol. The van der Waals surface area contributed by atoms with Crippen LogP contribution in [0.15, 0.2) is 182 Å². The topological polar surface area (TPSA) is 103 Å². The van der Waals surface area contributed by atoms with Crippen molar-refractivity contribution in [3.05, 3.63) is 205 Å². The van der Waals surface area contributed by atoms with Gasteiger partial charge in [0.15, 0.2) is 40.8 Å². The first-order valence-corrected chi connectivity index (χ1v) is 21.2. The Balaban J connectivity index is 1.10. The molecular formula is C56H42N8. The van der Waals surface area contributed by atoms with E-state index in [0.717, 1.165) is 72.6 Å². The molecule has 3 heterocycles. The fraction of sp³-hybridized carbons (Fsp3) is 0.0714. The first-order valence-electron chi connectivity index (χ1n) is 21.2. The van der Waals surface area contributed by atoms with Crippen LogP contribution < -0.4 is 0 Å². The molecule has 0 aliphatic heterocycles. The molecule has 0 saturated carbocycles. The van der Waals surface area contributed by atoms with Crippen LogP contribution in [-0.2, 0) is 0 Å². The van der Waals surface area contributed by atoms with Crippen LogP contribution in [-0.4, -0.2) is 39.9 Å². The molecule has 0 radical (unpaired) electrons. The minimum atomic E-state index is 0.582. The van der Waals surface area contributed by atoms with Crippen molar-refractivity contribution in [1.29, 1.82) is 0 Å². The van der Waals surface area contributed by atoms with Gasteiger partial charge in [0.2, 0.25) is 0 Å². The lowest BCUT2D eigenvalue weighted by Crippen LogP contribution is -2.01. The van der Waals surface area contributed by atoms with Crippen molar-refractivity contribution < 1.29 is 0 Å². The van der Waals surface area contributed by atoms with Crippen molar-refractivity contribution in [1.82, 2.24) is 39.9 Å². The highest BCUT2D eigenvalue weighted by Gasteiger charge is 2.18. The SMILES string of the molecule is Cc1ccc(-c2nc(-c3ccc(C)cc3)nc(-c3cccc(-c4cc(-c5cccc(-c6nc(-c7ccccc7)nc(-c7ccccc7)n6)c5)ccc4-c4nc(C)cc(C)n4)c3)n2)cc1. The molecular weight excluding hydrogens is 785 g/mol. The second-order valence-corrected chi connectivity index (χ2v) is 16.0. The molecule has 0 aliphatic rings. The van der Waals surface area contributed by atoms with Gasteiger partial charge in [0.05, 0.1) is 0 Å². The van der Waals surface area contributed by atoms with E-state index in [9.17, 15) is 0 Å². The van der Waals surface area contributed by atoms with Crippen molar-refractivity contribution in [2.24, 2.45) is 0 Å². The van der Waals surface area contributed by atoms with E-state index in [-0.39, 0.29) is 0 Å². The lowest BCUT2D eigenvalue weighted by atomic mass is 9.92. The Morgan fingerprint density at radius 3 is 1.03 bits per heavy atom. The van der Waals surface area contributed by atoms with E-state index in [1.807, 2.05) is 80.6 Å². The number of rotatable bonds is 9. The summed E-state index contributed by atoms with van der Waals surface area (Å²) in [7, 11) is 0. The van der Waals surface area contributed by atoms with Crippen LogP contribution >= 0.6 is 0 Å². The summed E-state index contributed by atoms with van der Waals surface area (Å²) in [5.74, 6) is 4.29. The Kier molecular flexibility index (Phi) is 10.7. The summed E-state index contributed by atoms with van der Waals surface area (Å²) in [4.78, 5) is 39.9. The number of aromatic nitrogens is 8. The van der Waals surface area contributed by atoms with Crippen LogP contribution in [0.25, 0.3) is 102 Å². The van der Waals surface area contributed by atoms with Crippen LogP contribution in [0, 0.1) is 27.7 Å². The molecule has 10 aromatic rings. The summed E-state index contributed by atoms with van der Waals surface area (Å²) >= 11 is 0. The Labute approximate surface area is 372 Å². The Morgan fingerprint density at radius 1 is 0.219 bits per heavy atom. The second-order valence-electron chi connectivity index (χ2n) is 16.0. The molecule has 10 rings (SSSR count). The summed E-state index contributed by atoms with van der Waals surface area (Å²) in [6, 6.07) is 61.8. The summed E-state index contributed by atoms with van der Waals surface area (Å²) in [5.41, 5.74) is 14.4. The van der Waals surface area contributed by atoms with Crippen LogP contribution in [0.1, 0.15) is 22.5 Å². The Morgan fingerprint density at radius 2 is 0.562 bits per heavy atom. The molecule has 7 aromatic carbocycles. The lowest BCUT2D eigenvalue weighted by Gasteiger charge is -2.15. The molecule has 0 unspecified atom stereocenters. The van der Waals surface area contributed by atoms with Crippen molar-refractivity contribution >= 4 is 0 Å². The molecule has 306 valence electrons. The lowest BCUT2D eigenvalue weighted by molar-refractivity contribution is 1.06. The minimum Gasteiger partial charge on any atom is -0.233 e. The zero-order valence-corrected chi connectivity index (χ0v) is 35.9. The van der Waals surface area contributed by atoms with Crippen molar-refractivity contribution in [3.63, 3.8) is 0 Å². The fourth-order valence-corrected chi connectivity index (χ4v) is 7.77. The number of hydrogen-bond acceptors (Lipinski definition) is 8. The zero-order chi connectivity index (χ0) is 43.6. The van der Waals surface area contributed by atoms with Gasteiger partial charge in [0.1, 0.15) is 0 Å². The molecule has 8 heteroatoms. The van der Waals surface area contributed by atoms with Crippen LogP contribution in [0.5, 0.6) is 0 Å². The van der Waals surface area contributed by atoms with Gasteiger partial charge in [-0.25, -0.2) is 39.9 Å². The molecule has 0 bridgehead atoms. The molecule has 0 N–H and O–H groups in total. The number of hydrogen-bond donors (Lipinski definition) is 0. The maximum Gasteiger partial charge on any atom is 0.164 e. The Hall–Kier alpha value is -8.36. The van der Waals surface area contributed by atoms with E-state index >= 15 is 0 Å². The highest BCUT2D eigenvalue weighted by molar-refractivity contribution is 5.87. The smallest absolute Gasteiger partial charge is 0.164 e. The van der Waals surface area contributed by atoms with E-state index in [0.29, 0.717) is 40.8 Å². The molecule has 0 aliphatic carbocycles. The molecule has 3 aromatic heterocycles. The highest BCUT2D eigenvalue weighted by atomic mass is 15.0. The van der Waals surface area contributed by atoms with Gasteiger partial charge in [0, 0.05) is 50.3 Å². The summed E-state index contributed by atoms with van der Waals surface area (Å²) < 4.78 is 0. The third-order valence-electron chi connectivity index (χ3n) is 11.1. The first kappa shape index (κ1) is 39.8.